The van der Waals surface area contributed by atoms with Crippen LogP contribution in [0.4, 0.5) is 4.39 Å². The maximum Gasteiger partial charge on any atom is 0.303 e. The Labute approximate surface area is 124 Å². The fraction of sp³-hybridized carbons (Fsp3) is 0.286. The van der Waals surface area contributed by atoms with Gasteiger partial charge in [0.25, 0.3) is 0 Å². The second kappa shape index (κ2) is 6.85. The van der Waals surface area contributed by atoms with Crippen LogP contribution in [0.25, 0.3) is 10.6 Å². The number of aliphatic carboxylic acids is 1. The number of aromatic nitrogens is 1. The van der Waals surface area contributed by atoms with Crippen molar-refractivity contribution in [1.82, 2.24) is 4.98 Å². The average molecular weight is 311 g/mol. The molecule has 6 heteroatoms. The zero-order chi connectivity index (χ0) is 14.5. The number of thioether (sulfide) groups is 1. The maximum atomic E-state index is 14.0. The lowest BCUT2D eigenvalue weighted by atomic mass is 10.2. The van der Waals surface area contributed by atoms with E-state index in [9.17, 15) is 9.18 Å². The molecule has 2 aromatic rings. The standard InChI is InChI=1S/C14H14FNO2S2/c1-2-19-11-5-3-4-10(15)13(11)14-16-9(8-20-14)6-7-12(17)18/h3-5,8H,2,6-7H2,1H3,(H,17,18). The molecule has 0 saturated heterocycles. The van der Waals surface area contributed by atoms with Gasteiger partial charge in [0, 0.05) is 16.7 Å². The van der Waals surface area contributed by atoms with Crippen LogP contribution < -0.4 is 0 Å². The van der Waals surface area contributed by atoms with E-state index in [2.05, 4.69) is 4.98 Å². The van der Waals surface area contributed by atoms with Gasteiger partial charge in [-0.3, -0.25) is 4.79 Å². The Hall–Kier alpha value is -1.40. The number of nitrogens with zero attached hydrogens (tertiary/aromatic N) is 1. The number of carboxylic acid groups (broad SMARTS) is 1. The summed E-state index contributed by atoms with van der Waals surface area (Å²) in [6.45, 7) is 2.01. The highest BCUT2D eigenvalue weighted by molar-refractivity contribution is 7.99. The molecule has 1 N–H and O–H groups in total. The van der Waals surface area contributed by atoms with Gasteiger partial charge >= 0.3 is 5.97 Å². The summed E-state index contributed by atoms with van der Waals surface area (Å²) in [6.07, 6.45) is 0.410. The van der Waals surface area contributed by atoms with Crippen LogP contribution in [-0.2, 0) is 11.2 Å². The van der Waals surface area contributed by atoms with E-state index in [4.69, 9.17) is 5.11 Å². The molecule has 0 bridgehead atoms. The first-order chi connectivity index (χ1) is 9.61. The van der Waals surface area contributed by atoms with E-state index in [1.165, 1.54) is 17.4 Å². The molecule has 0 atom stereocenters. The lowest BCUT2D eigenvalue weighted by Crippen LogP contribution is -1.97. The molecule has 0 fully saturated rings. The van der Waals surface area contributed by atoms with Crippen LogP contribution >= 0.6 is 23.1 Å². The van der Waals surface area contributed by atoms with Gasteiger partial charge in [-0.1, -0.05) is 13.0 Å². The minimum atomic E-state index is -0.854. The average Bonchev–Trinajstić information content (AvgIpc) is 2.85. The molecule has 0 aliphatic heterocycles. The number of halogens is 1. The number of hydrogen-bond donors (Lipinski definition) is 1. The molecule has 20 heavy (non-hydrogen) atoms. The molecule has 1 aromatic heterocycles. The first kappa shape index (κ1) is 15.0. The van der Waals surface area contributed by atoms with Gasteiger partial charge in [0.05, 0.1) is 17.7 Å². The first-order valence-electron chi connectivity index (χ1n) is 6.19. The van der Waals surface area contributed by atoms with Crippen molar-refractivity contribution in [1.29, 1.82) is 0 Å². The Bertz CT molecular complexity index is 613. The van der Waals surface area contributed by atoms with Crippen molar-refractivity contribution in [3.05, 3.63) is 35.1 Å². The Kier molecular flexibility index (Phi) is 5.14. The zero-order valence-corrected chi connectivity index (χ0v) is 12.6. The quantitative estimate of drug-likeness (QED) is 0.817. The summed E-state index contributed by atoms with van der Waals surface area (Å²) in [4.78, 5) is 15.8. The molecule has 0 unspecified atom stereocenters. The smallest absolute Gasteiger partial charge is 0.303 e. The van der Waals surface area contributed by atoms with Crippen LogP contribution in [0.2, 0.25) is 0 Å². The molecule has 1 aromatic carbocycles. The van der Waals surface area contributed by atoms with Gasteiger partial charge < -0.3 is 5.11 Å². The van der Waals surface area contributed by atoms with Gasteiger partial charge in [0.15, 0.2) is 0 Å². The highest BCUT2D eigenvalue weighted by atomic mass is 32.2. The minimum Gasteiger partial charge on any atom is -0.481 e. The molecule has 0 aliphatic carbocycles. The Morgan fingerprint density at radius 1 is 1.50 bits per heavy atom. The normalized spacial score (nSPS) is 10.7. The van der Waals surface area contributed by atoms with Gasteiger partial charge in [-0.05, 0) is 17.9 Å². The van der Waals surface area contributed by atoms with Crippen molar-refractivity contribution in [2.24, 2.45) is 0 Å². The van der Waals surface area contributed by atoms with E-state index in [1.54, 1.807) is 23.2 Å². The number of rotatable bonds is 6. The number of carboxylic acids is 1. The third-order valence-corrected chi connectivity index (χ3v) is 4.48. The molecular formula is C14H14FNO2S2. The summed E-state index contributed by atoms with van der Waals surface area (Å²) in [5.74, 6) is -0.288. The number of benzene rings is 1. The van der Waals surface area contributed by atoms with Crippen LogP contribution in [0.15, 0.2) is 28.5 Å². The van der Waals surface area contributed by atoms with E-state index in [0.717, 1.165) is 10.6 Å². The Morgan fingerprint density at radius 2 is 2.30 bits per heavy atom. The van der Waals surface area contributed by atoms with Crippen molar-refractivity contribution in [3.8, 4) is 10.6 Å². The molecular weight excluding hydrogens is 297 g/mol. The van der Waals surface area contributed by atoms with Crippen LogP contribution in [0.5, 0.6) is 0 Å². The molecule has 0 saturated carbocycles. The Balaban J connectivity index is 2.29. The molecule has 2 rings (SSSR count). The molecule has 0 amide bonds. The summed E-state index contributed by atoms with van der Waals surface area (Å²) in [6, 6.07) is 4.99. The predicted octanol–water partition coefficient (Wildman–Crippen LogP) is 4.08. The molecule has 0 spiro atoms. The number of thiazole rings is 1. The van der Waals surface area contributed by atoms with Gasteiger partial charge in [-0.2, -0.15) is 0 Å². The van der Waals surface area contributed by atoms with Gasteiger partial charge in [-0.25, -0.2) is 9.37 Å². The lowest BCUT2D eigenvalue weighted by molar-refractivity contribution is -0.136. The van der Waals surface area contributed by atoms with Crippen molar-refractivity contribution >= 4 is 29.1 Å². The number of carbonyl (C=O) groups is 1. The highest BCUT2D eigenvalue weighted by Gasteiger charge is 2.15. The van der Waals surface area contributed by atoms with Crippen LogP contribution in [0, 0.1) is 5.82 Å². The van der Waals surface area contributed by atoms with Gasteiger partial charge in [0.2, 0.25) is 0 Å². The molecule has 106 valence electrons. The van der Waals surface area contributed by atoms with Crippen LogP contribution in [0.1, 0.15) is 19.0 Å². The van der Waals surface area contributed by atoms with E-state index >= 15 is 0 Å². The largest absolute Gasteiger partial charge is 0.481 e. The second-order valence-corrected chi connectivity index (χ2v) is 6.25. The van der Waals surface area contributed by atoms with Gasteiger partial charge in [0.1, 0.15) is 10.8 Å². The maximum absolute atomic E-state index is 14.0. The SMILES string of the molecule is CCSc1cccc(F)c1-c1nc(CCC(=O)O)cs1. The first-order valence-corrected chi connectivity index (χ1v) is 8.06. The molecule has 1 heterocycles. The fourth-order valence-corrected chi connectivity index (χ4v) is 3.56. The molecule has 3 nitrogen and oxygen atoms in total. The second-order valence-electron chi connectivity index (χ2n) is 4.08. The van der Waals surface area contributed by atoms with Crippen molar-refractivity contribution in [3.63, 3.8) is 0 Å². The summed E-state index contributed by atoms with van der Waals surface area (Å²) in [7, 11) is 0. The highest BCUT2D eigenvalue weighted by Crippen LogP contribution is 2.35. The van der Waals surface area contributed by atoms with Crippen LogP contribution in [-0.4, -0.2) is 21.8 Å². The van der Waals surface area contributed by atoms with E-state index < -0.39 is 5.97 Å². The zero-order valence-electron chi connectivity index (χ0n) is 10.9. The summed E-state index contributed by atoms with van der Waals surface area (Å²) in [5, 5.41) is 11.1. The van der Waals surface area contributed by atoms with Gasteiger partial charge in [-0.15, -0.1) is 23.1 Å². The molecule has 0 aliphatic rings. The monoisotopic (exact) mass is 311 g/mol. The number of hydrogen-bond acceptors (Lipinski definition) is 4. The van der Waals surface area contributed by atoms with Crippen LogP contribution in [0.3, 0.4) is 0 Å². The summed E-state index contributed by atoms with van der Waals surface area (Å²) >= 11 is 2.92. The lowest BCUT2D eigenvalue weighted by Gasteiger charge is -2.06. The third-order valence-electron chi connectivity index (χ3n) is 2.64. The third kappa shape index (κ3) is 3.58. The number of aryl methyl sites for hydroxylation is 1. The Morgan fingerprint density at radius 3 is 3.00 bits per heavy atom. The van der Waals surface area contributed by atoms with Crippen molar-refractivity contribution < 1.29 is 14.3 Å². The van der Waals surface area contributed by atoms with E-state index in [-0.39, 0.29) is 12.2 Å². The summed E-state index contributed by atoms with van der Waals surface area (Å²) in [5.41, 5.74) is 1.22. The van der Waals surface area contributed by atoms with E-state index in [0.29, 0.717) is 22.7 Å². The van der Waals surface area contributed by atoms with E-state index in [1.807, 2.05) is 13.0 Å². The summed E-state index contributed by atoms with van der Waals surface area (Å²) < 4.78 is 14.0. The predicted molar refractivity (Wildman–Crippen MR) is 79.9 cm³/mol. The minimum absolute atomic E-state index is 0.0387. The van der Waals surface area contributed by atoms with Crippen molar-refractivity contribution in [2.45, 2.75) is 24.7 Å². The fourth-order valence-electron chi connectivity index (χ4n) is 1.76. The topological polar surface area (TPSA) is 50.2 Å². The van der Waals surface area contributed by atoms with Crippen molar-refractivity contribution in [2.75, 3.05) is 5.75 Å². The molecule has 0 radical (unpaired) electrons.